The molecule has 0 aromatic heterocycles. The van der Waals surface area contributed by atoms with E-state index in [-0.39, 0.29) is 30.2 Å². The summed E-state index contributed by atoms with van der Waals surface area (Å²) in [6.45, 7) is 3.12. The van der Waals surface area contributed by atoms with Crippen molar-refractivity contribution in [2.75, 3.05) is 31.1 Å². The highest BCUT2D eigenvalue weighted by molar-refractivity contribution is 6.19. The molecule has 2 heterocycles. The van der Waals surface area contributed by atoms with Crippen LogP contribution in [0.1, 0.15) is 30.1 Å². The van der Waals surface area contributed by atoms with Crippen LogP contribution in [-0.4, -0.2) is 55.0 Å². The predicted octanol–water partition coefficient (Wildman–Crippen LogP) is 1.16. The molecule has 0 unspecified atom stereocenters. The lowest BCUT2D eigenvalue weighted by Gasteiger charge is -2.31. The third kappa shape index (κ3) is 3.54. The number of likely N-dealkylation sites (tertiary alicyclic amines) is 1. The van der Waals surface area contributed by atoms with E-state index in [9.17, 15) is 19.2 Å². The maximum absolute atomic E-state index is 12.6. The van der Waals surface area contributed by atoms with E-state index in [2.05, 4.69) is 5.32 Å². The fourth-order valence-corrected chi connectivity index (χ4v) is 3.20. The minimum Gasteiger partial charge on any atom is -0.466 e. The Bertz CT molecular complexity index is 707. The number of hydrogen-bond acceptors (Lipinski definition) is 5. The van der Waals surface area contributed by atoms with Crippen molar-refractivity contribution in [1.29, 1.82) is 0 Å². The van der Waals surface area contributed by atoms with Gasteiger partial charge in [-0.1, -0.05) is 0 Å². The van der Waals surface area contributed by atoms with E-state index >= 15 is 0 Å². The Balaban J connectivity index is 1.61. The van der Waals surface area contributed by atoms with Crippen LogP contribution < -0.4 is 10.2 Å². The molecule has 2 saturated heterocycles. The molecule has 0 bridgehead atoms. The zero-order chi connectivity index (χ0) is 18.7. The topological polar surface area (TPSA) is 96.0 Å². The predicted molar refractivity (Wildman–Crippen MR) is 92.6 cm³/mol. The molecule has 2 aliphatic heterocycles. The Morgan fingerprint density at radius 3 is 2.35 bits per heavy atom. The number of urea groups is 1. The highest BCUT2D eigenvalue weighted by Gasteiger charge is 2.31. The number of nitrogens with one attached hydrogen (secondary N) is 1. The minimum atomic E-state index is -0.463. The van der Waals surface area contributed by atoms with Gasteiger partial charge in [-0.25, -0.2) is 9.69 Å². The van der Waals surface area contributed by atoms with Crippen LogP contribution in [0, 0.1) is 5.92 Å². The van der Waals surface area contributed by atoms with E-state index in [0.29, 0.717) is 43.8 Å². The molecule has 26 heavy (non-hydrogen) atoms. The summed E-state index contributed by atoms with van der Waals surface area (Å²) in [7, 11) is 0. The Hall–Kier alpha value is -2.90. The molecule has 4 amide bonds. The fourth-order valence-electron chi connectivity index (χ4n) is 3.20. The molecule has 1 N–H and O–H groups in total. The Morgan fingerprint density at radius 2 is 1.81 bits per heavy atom. The molecule has 1 aromatic rings. The first-order valence-electron chi connectivity index (χ1n) is 8.68. The zero-order valence-electron chi connectivity index (χ0n) is 14.6. The van der Waals surface area contributed by atoms with Gasteiger partial charge in [-0.2, -0.15) is 0 Å². The van der Waals surface area contributed by atoms with E-state index in [1.54, 1.807) is 36.1 Å². The van der Waals surface area contributed by atoms with Gasteiger partial charge in [-0.05, 0) is 44.0 Å². The van der Waals surface area contributed by atoms with Gasteiger partial charge in [0.15, 0.2) is 0 Å². The largest absolute Gasteiger partial charge is 0.466 e. The van der Waals surface area contributed by atoms with Crippen molar-refractivity contribution in [3.8, 4) is 0 Å². The van der Waals surface area contributed by atoms with Crippen molar-refractivity contribution in [1.82, 2.24) is 10.2 Å². The number of piperidine rings is 1. The van der Waals surface area contributed by atoms with Gasteiger partial charge in [0.2, 0.25) is 0 Å². The quantitative estimate of drug-likeness (QED) is 0.643. The number of benzene rings is 1. The summed E-state index contributed by atoms with van der Waals surface area (Å²) in [6, 6.07) is 5.92. The smallest absolute Gasteiger partial charge is 0.329 e. The van der Waals surface area contributed by atoms with E-state index in [1.165, 1.54) is 0 Å². The number of hydrogen-bond donors (Lipinski definition) is 1. The lowest BCUT2D eigenvalue weighted by atomic mass is 9.96. The average molecular weight is 359 g/mol. The van der Waals surface area contributed by atoms with Crippen LogP contribution in [0.25, 0.3) is 0 Å². The van der Waals surface area contributed by atoms with Gasteiger partial charge in [-0.3, -0.25) is 14.4 Å². The summed E-state index contributed by atoms with van der Waals surface area (Å²) in [4.78, 5) is 50.5. The molecule has 0 atom stereocenters. The van der Waals surface area contributed by atoms with Gasteiger partial charge >= 0.3 is 12.0 Å². The van der Waals surface area contributed by atoms with Crippen LogP contribution in [0.4, 0.5) is 10.5 Å². The van der Waals surface area contributed by atoms with E-state index in [4.69, 9.17) is 4.74 Å². The standard InChI is InChI=1S/C18H21N3O5/c1-2-26-17(24)13-7-9-20(10-8-13)16(23)12-3-5-14(6-4-12)21-15(22)11-19-18(21)25/h3-6,13H,2,7-11H2,1H3,(H,19,25). The second-order valence-electron chi connectivity index (χ2n) is 6.25. The Kier molecular flexibility index (Phi) is 5.20. The van der Waals surface area contributed by atoms with Gasteiger partial charge in [0.25, 0.3) is 11.8 Å². The van der Waals surface area contributed by atoms with Crippen molar-refractivity contribution in [2.24, 2.45) is 5.92 Å². The van der Waals surface area contributed by atoms with Gasteiger partial charge < -0.3 is 15.0 Å². The summed E-state index contributed by atoms with van der Waals surface area (Å²) >= 11 is 0. The number of carbonyl (C=O) groups is 4. The molecule has 0 aliphatic carbocycles. The normalized spacial score (nSPS) is 18.0. The number of ether oxygens (including phenoxy) is 1. The monoisotopic (exact) mass is 359 g/mol. The first kappa shape index (κ1) is 17.9. The molecule has 0 radical (unpaired) electrons. The third-order valence-corrected chi connectivity index (χ3v) is 4.62. The second kappa shape index (κ2) is 7.55. The van der Waals surface area contributed by atoms with E-state index in [1.807, 2.05) is 0 Å². The summed E-state index contributed by atoms with van der Waals surface area (Å²) in [5.41, 5.74) is 0.915. The highest BCUT2D eigenvalue weighted by atomic mass is 16.5. The van der Waals surface area contributed by atoms with Crippen molar-refractivity contribution in [2.45, 2.75) is 19.8 Å². The third-order valence-electron chi connectivity index (χ3n) is 4.62. The fraction of sp³-hybridized carbons (Fsp3) is 0.444. The van der Waals surface area contributed by atoms with Crippen molar-refractivity contribution in [3.63, 3.8) is 0 Å². The van der Waals surface area contributed by atoms with Crippen molar-refractivity contribution < 1.29 is 23.9 Å². The van der Waals surface area contributed by atoms with Crippen molar-refractivity contribution in [3.05, 3.63) is 29.8 Å². The molecule has 8 nitrogen and oxygen atoms in total. The lowest BCUT2D eigenvalue weighted by molar-refractivity contribution is -0.149. The number of imide groups is 1. The molecule has 2 aliphatic rings. The summed E-state index contributed by atoms with van der Waals surface area (Å²) in [5, 5.41) is 2.45. The molecule has 0 saturated carbocycles. The lowest BCUT2D eigenvalue weighted by Crippen LogP contribution is -2.40. The first-order chi connectivity index (χ1) is 12.5. The second-order valence-corrected chi connectivity index (χ2v) is 6.25. The van der Waals surface area contributed by atoms with Gasteiger partial charge in [-0.15, -0.1) is 0 Å². The SMILES string of the molecule is CCOC(=O)C1CCN(C(=O)c2ccc(N3C(=O)CNC3=O)cc2)CC1. The summed E-state index contributed by atoms with van der Waals surface area (Å²) in [5.74, 6) is -0.801. The maximum Gasteiger partial charge on any atom is 0.329 e. The molecular formula is C18H21N3O5. The van der Waals surface area contributed by atoms with Crippen LogP contribution in [0.15, 0.2) is 24.3 Å². The van der Waals surface area contributed by atoms with Gasteiger partial charge in [0.05, 0.1) is 24.8 Å². The maximum atomic E-state index is 12.6. The minimum absolute atomic E-state index is 0.0189. The molecule has 138 valence electrons. The average Bonchev–Trinajstić information content (AvgIpc) is 3.00. The molecular weight excluding hydrogens is 338 g/mol. The molecule has 1 aromatic carbocycles. The summed E-state index contributed by atoms with van der Waals surface area (Å²) < 4.78 is 5.03. The number of anilines is 1. The van der Waals surface area contributed by atoms with E-state index in [0.717, 1.165) is 4.90 Å². The molecule has 0 spiro atoms. The molecule has 2 fully saturated rings. The molecule has 8 heteroatoms. The van der Waals surface area contributed by atoms with E-state index < -0.39 is 6.03 Å². The van der Waals surface area contributed by atoms with Crippen LogP contribution in [0.2, 0.25) is 0 Å². The number of amides is 4. The molecule has 3 rings (SSSR count). The number of nitrogens with zero attached hydrogens (tertiary/aromatic N) is 2. The number of rotatable bonds is 4. The Labute approximate surface area is 151 Å². The number of esters is 1. The van der Waals surface area contributed by atoms with Crippen molar-refractivity contribution >= 4 is 29.5 Å². The van der Waals surface area contributed by atoms with Crippen LogP contribution in [0.3, 0.4) is 0 Å². The first-order valence-corrected chi connectivity index (χ1v) is 8.68. The van der Waals surface area contributed by atoms with Crippen LogP contribution in [-0.2, 0) is 14.3 Å². The zero-order valence-corrected chi connectivity index (χ0v) is 14.6. The van der Waals surface area contributed by atoms with Crippen LogP contribution in [0.5, 0.6) is 0 Å². The number of carbonyl (C=O) groups excluding carboxylic acids is 4. The highest BCUT2D eigenvalue weighted by Crippen LogP contribution is 2.22. The van der Waals surface area contributed by atoms with Gasteiger partial charge in [0.1, 0.15) is 0 Å². The van der Waals surface area contributed by atoms with Crippen LogP contribution >= 0.6 is 0 Å². The Morgan fingerprint density at radius 1 is 1.15 bits per heavy atom. The van der Waals surface area contributed by atoms with Gasteiger partial charge in [0, 0.05) is 18.7 Å². The summed E-state index contributed by atoms with van der Waals surface area (Å²) in [6.07, 6.45) is 1.18.